The van der Waals surface area contributed by atoms with E-state index < -0.39 is 13.8 Å². The summed E-state index contributed by atoms with van der Waals surface area (Å²) in [6.45, 7) is 7.66. The number of aromatic amines is 1. The van der Waals surface area contributed by atoms with Gasteiger partial charge in [-0.15, -0.1) is 0 Å². The van der Waals surface area contributed by atoms with Gasteiger partial charge in [-0.05, 0) is 6.04 Å². The smallest absolute Gasteiger partial charge is 0.332 e. The summed E-state index contributed by atoms with van der Waals surface area (Å²) in [6.07, 6.45) is 3.32. The first kappa shape index (κ1) is 18.3. The minimum atomic E-state index is -1.21. The second-order valence-electron chi connectivity index (χ2n) is 7.58. The number of imidazole rings is 1. The molecule has 9 nitrogen and oxygen atoms in total. The summed E-state index contributed by atoms with van der Waals surface area (Å²) in [4.78, 5) is 29.5. The van der Waals surface area contributed by atoms with Crippen molar-refractivity contribution in [3.8, 4) is 11.4 Å². The Bertz CT molecular complexity index is 1040. The van der Waals surface area contributed by atoms with E-state index in [2.05, 4.69) is 34.8 Å². The molecule has 3 aromatic rings. The maximum absolute atomic E-state index is 12.7. The van der Waals surface area contributed by atoms with Crippen LogP contribution in [0.15, 0.2) is 22.0 Å². The highest BCUT2D eigenvalue weighted by molar-refractivity contribution is 6.76. The molecule has 10 heteroatoms. The van der Waals surface area contributed by atoms with Gasteiger partial charge in [0, 0.05) is 35.0 Å². The van der Waals surface area contributed by atoms with Crippen LogP contribution in [-0.4, -0.2) is 43.6 Å². The Hall–Kier alpha value is -2.46. The van der Waals surface area contributed by atoms with Crippen molar-refractivity contribution in [1.82, 2.24) is 28.9 Å². The van der Waals surface area contributed by atoms with Gasteiger partial charge in [-0.3, -0.25) is 23.6 Å². The Morgan fingerprint density at radius 2 is 1.92 bits per heavy atom. The summed E-state index contributed by atoms with van der Waals surface area (Å²) in [7, 11) is 1.86. The lowest BCUT2D eigenvalue weighted by Gasteiger charge is -2.16. The molecule has 26 heavy (non-hydrogen) atoms. The van der Waals surface area contributed by atoms with Crippen LogP contribution in [0.5, 0.6) is 0 Å². The lowest BCUT2D eigenvalue weighted by atomic mass is 10.3. The van der Waals surface area contributed by atoms with Crippen LogP contribution in [0.25, 0.3) is 22.6 Å². The van der Waals surface area contributed by atoms with Gasteiger partial charge in [0.1, 0.15) is 12.6 Å². The average Bonchev–Trinajstić information content (AvgIpc) is 3.21. The normalized spacial score (nSPS) is 12.2. The summed E-state index contributed by atoms with van der Waals surface area (Å²) in [5, 5.41) is 6.70. The highest BCUT2D eigenvalue weighted by Crippen LogP contribution is 2.21. The van der Waals surface area contributed by atoms with Crippen molar-refractivity contribution < 1.29 is 4.74 Å². The van der Waals surface area contributed by atoms with Crippen LogP contribution in [0.4, 0.5) is 0 Å². The number of nitrogens with zero attached hydrogens (tertiary/aromatic N) is 5. The van der Waals surface area contributed by atoms with Crippen molar-refractivity contribution in [3.05, 3.63) is 33.2 Å². The molecule has 0 amide bonds. The second-order valence-corrected chi connectivity index (χ2v) is 13.2. The number of aromatic nitrogens is 6. The molecule has 0 aromatic carbocycles. The zero-order valence-corrected chi connectivity index (χ0v) is 16.7. The molecule has 0 unspecified atom stereocenters. The number of ether oxygens (including phenoxy) is 1. The monoisotopic (exact) mass is 376 g/mol. The summed E-state index contributed by atoms with van der Waals surface area (Å²) < 4.78 is 10.0. The molecule has 0 saturated carbocycles. The predicted molar refractivity (Wildman–Crippen MR) is 102 cm³/mol. The van der Waals surface area contributed by atoms with Crippen molar-refractivity contribution in [1.29, 1.82) is 0 Å². The molecule has 0 radical (unpaired) electrons. The fraction of sp³-hybridized carbons (Fsp3) is 0.500. The van der Waals surface area contributed by atoms with E-state index in [4.69, 9.17) is 4.74 Å². The van der Waals surface area contributed by atoms with Crippen molar-refractivity contribution >= 4 is 19.2 Å². The number of aryl methyl sites for hydroxylation is 1. The first-order valence-corrected chi connectivity index (χ1v) is 12.1. The van der Waals surface area contributed by atoms with E-state index in [0.717, 1.165) is 16.2 Å². The lowest BCUT2D eigenvalue weighted by molar-refractivity contribution is 0.0908. The van der Waals surface area contributed by atoms with Gasteiger partial charge < -0.3 is 4.74 Å². The van der Waals surface area contributed by atoms with E-state index in [1.165, 1.54) is 11.6 Å². The van der Waals surface area contributed by atoms with E-state index in [1.807, 2.05) is 0 Å². The van der Waals surface area contributed by atoms with E-state index in [1.54, 1.807) is 24.0 Å². The van der Waals surface area contributed by atoms with Crippen LogP contribution in [0.2, 0.25) is 25.7 Å². The zero-order chi connectivity index (χ0) is 19.1. The molecule has 0 bridgehead atoms. The highest BCUT2D eigenvalue weighted by Gasteiger charge is 2.21. The van der Waals surface area contributed by atoms with Gasteiger partial charge in [0.2, 0.25) is 0 Å². The quantitative estimate of drug-likeness (QED) is 0.514. The maximum Gasteiger partial charge on any atom is 0.332 e. The summed E-state index contributed by atoms with van der Waals surface area (Å²) >= 11 is 0. The molecule has 3 heterocycles. The first-order chi connectivity index (χ1) is 12.2. The lowest BCUT2D eigenvalue weighted by Crippen LogP contribution is -2.37. The number of fused-ring (bicyclic) bond motifs is 1. The Morgan fingerprint density at radius 3 is 2.54 bits per heavy atom. The van der Waals surface area contributed by atoms with Crippen molar-refractivity contribution in [3.63, 3.8) is 0 Å². The standard InChI is InChI=1S/C16H24N6O3Si/c1-20-14-12(15(23)21(2)16(20)24)22(10-25-6-7-26(3,4)5)13(19-14)11-8-17-18-9-11/h8-9H,6-7,10H2,1-5H3,(H,17,18). The topological polar surface area (TPSA) is 99.7 Å². The third-order valence-electron chi connectivity index (χ3n) is 4.32. The van der Waals surface area contributed by atoms with Gasteiger partial charge in [0.25, 0.3) is 5.56 Å². The Labute approximate surface area is 151 Å². The van der Waals surface area contributed by atoms with Crippen molar-refractivity contribution in [2.24, 2.45) is 14.1 Å². The molecule has 3 aromatic heterocycles. The van der Waals surface area contributed by atoms with Crippen LogP contribution in [0, 0.1) is 0 Å². The van der Waals surface area contributed by atoms with Crippen LogP contribution in [0.3, 0.4) is 0 Å². The zero-order valence-electron chi connectivity index (χ0n) is 15.7. The van der Waals surface area contributed by atoms with Crippen LogP contribution < -0.4 is 11.2 Å². The minimum absolute atomic E-state index is 0.189. The summed E-state index contributed by atoms with van der Waals surface area (Å²) in [5.74, 6) is 0.542. The maximum atomic E-state index is 12.7. The highest BCUT2D eigenvalue weighted by atomic mass is 28.3. The molecule has 0 fully saturated rings. The molecule has 0 saturated heterocycles. The van der Waals surface area contributed by atoms with Crippen LogP contribution in [-0.2, 0) is 25.6 Å². The van der Waals surface area contributed by atoms with Crippen molar-refractivity contribution in [2.75, 3.05) is 6.61 Å². The third kappa shape index (κ3) is 3.29. The van der Waals surface area contributed by atoms with Crippen LogP contribution >= 0.6 is 0 Å². The first-order valence-electron chi connectivity index (χ1n) is 8.44. The van der Waals surface area contributed by atoms with E-state index in [0.29, 0.717) is 23.6 Å². The fourth-order valence-corrected chi connectivity index (χ4v) is 3.46. The van der Waals surface area contributed by atoms with Gasteiger partial charge >= 0.3 is 5.69 Å². The minimum Gasteiger partial charge on any atom is -0.361 e. The largest absolute Gasteiger partial charge is 0.361 e. The molecule has 0 aliphatic rings. The SMILES string of the molecule is Cn1c(=O)c2c(nc(-c3cn[nH]c3)n2COCC[Si](C)(C)C)n(C)c1=O. The van der Waals surface area contributed by atoms with E-state index >= 15 is 0 Å². The number of hydrogen-bond donors (Lipinski definition) is 1. The summed E-state index contributed by atoms with van der Waals surface area (Å²) in [5.41, 5.74) is 0.607. The van der Waals surface area contributed by atoms with E-state index in [9.17, 15) is 9.59 Å². The van der Waals surface area contributed by atoms with Gasteiger partial charge in [0.15, 0.2) is 11.2 Å². The molecule has 0 aliphatic carbocycles. The second kappa shape index (κ2) is 6.69. The summed E-state index contributed by atoms with van der Waals surface area (Å²) in [6, 6.07) is 1.02. The molecule has 0 spiro atoms. The fourth-order valence-electron chi connectivity index (χ4n) is 2.70. The van der Waals surface area contributed by atoms with Gasteiger partial charge in [-0.1, -0.05) is 19.6 Å². The third-order valence-corrected chi connectivity index (χ3v) is 6.03. The molecular weight excluding hydrogens is 352 g/mol. The van der Waals surface area contributed by atoms with Gasteiger partial charge in [-0.2, -0.15) is 5.10 Å². The number of H-pyrrole nitrogens is 1. The Balaban J connectivity index is 2.11. The molecule has 140 valence electrons. The Morgan fingerprint density at radius 1 is 1.19 bits per heavy atom. The molecule has 0 aliphatic heterocycles. The number of nitrogens with one attached hydrogen (secondary N) is 1. The molecule has 1 N–H and O–H groups in total. The van der Waals surface area contributed by atoms with Gasteiger partial charge in [0.05, 0.1) is 11.8 Å². The van der Waals surface area contributed by atoms with E-state index in [-0.39, 0.29) is 12.3 Å². The number of hydrogen-bond acceptors (Lipinski definition) is 5. The van der Waals surface area contributed by atoms with Crippen molar-refractivity contribution in [2.45, 2.75) is 32.4 Å². The molecular formula is C16H24N6O3Si. The number of rotatable bonds is 6. The van der Waals surface area contributed by atoms with Gasteiger partial charge in [-0.25, -0.2) is 9.78 Å². The Kier molecular flexibility index (Phi) is 4.72. The predicted octanol–water partition coefficient (Wildman–Crippen LogP) is 1.14. The molecule has 3 rings (SSSR count). The van der Waals surface area contributed by atoms with Crippen LogP contribution in [0.1, 0.15) is 0 Å². The molecule has 0 atom stereocenters. The average molecular weight is 376 g/mol.